The molecule has 0 amide bonds. The molecule has 1 saturated heterocycles. The van der Waals surface area contributed by atoms with Crippen LogP contribution >= 0.6 is 15.9 Å². The van der Waals surface area contributed by atoms with Crippen LogP contribution in [0.4, 0.5) is 4.79 Å². The third-order valence-corrected chi connectivity index (χ3v) is 3.81. The Morgan fingerprint density at radius 1 is 1.50 bits per heavy atom. The summed E-state index contributed by atoms with van der Waals surface area (Å²) in [5, 5.41) is 9.48. The summed E-state index contributed by atoms with van der Waals surface area (Å²) in [5.74, 6) is 0. The van der Waals surface area contributed by atoms with Crippen LogP contribution in [0.5, 0.6) is 0 Å². The number of nitrogens with one attached hydrogen (secondary N) is 1. The lowest BCUT2D eigenvalue weighted by Crippen LogP contribution is -2.33. The Morgan fingerprint density at radius 3 is 2.77 bits per heavy atom. The van der Waals surface area contributed by atoms with Crippen LogP contribution in [0, 0.1) is 0 Å². The van der Waals surface area contributed by atoms with Gasteiger partial charge < -0.3 is 19.3 Å². The highest BCUT2D eigenvalue weighted by atomic mass is 79.9. The average molecular weight is 433 g/mol. The number of hydrogen-bond acceptors (Lipinski definition) is 7. The van der Waals surface area contributed by atoms with E-state index in [2.05, 4.69) is 20.9 Å². The number of aromatic amines is 1. The molecule has 0 bridgehead atoms. The van der Waals surface area contributed by atoms with Gasteiger partial charge in [-0.2, -0.15) is 0 Å². The van der Waals surface area contributed by atoms with E-state index >= 15 is 0 Å². The molecule has 0 spiro atoms. The van der Waals surface area contributed by atoms with Crippen LogP contribution in [0.1, 0.15) is 39.0 Å². The van der Waals surface area contributed by atoms with Gasteiger partial charge in [-0.15, -0.1) is 0 Å². The number of halogens is 1. The minimum atomic E-state index is -0.887. The number of aromatic nitrogens is 2. The van der Waals surface area contributed by atoms with Gasteiger partial charge in [0.2, 0.25) is 0 Å². The summed E-state index contributed by atoms with van der Waals surface area (Å²) in [4.78, 5) is 39.4. The molecule has 0 aliphatic carbocycles. The molecule has 144 valence electrons. The maximum absolute atomic E-state index is 12.1. The zero-order valence-electron chi connectivity index (χ0n) is 14.6. The number of carbonyl (C=O) groups is 1. The molecule has 2 rings (SSSR count). The molecule has 1 aromatic rings. The lowest BCUT2D eigenvalue weighted by atomic mass is 10.2. The summed E-state index contributed by atoms with van der Waals surface area (Å²) in [6.07, 6.45) is -0.382. The predicted octanol–water partition coefficient (Wildman–Crippen LogP) is 1.50. The number of carbonyl (C=O) groups excluding carboxylic acids is 1. The molecule has 2 N–H and O–H groups in total. The number of aliphatic hydroxyl groups excluding tert-OH is 1. The smallest absolute Gasteiger partial charge is 0.429 e. The largest absolute Gasteiger partial charge is 0.509 e. The molecular weight excluding hydrogens is 412 g/mol. The summed E-state index contributed by atoms with van der Waals surface area (Å²) < 4.78 is 17.1. The first-order chi connectivity index (χ1) is 12.1. The van der Waals surface area contributed by atoms with E-state index in [1.165, 1.54) is 21.8 Å². The second kappa shape index (κ2) is 8.19. The molecule has 10 heteroatoms. The first-order valence-electron chi connectivity index (χ1n) is 7.93. The van der Waals surface area contributed by atoms with Crippen LogP contribution in [-0.2, 0) is 14.2 Å². The Balaban J connectivity index is 2.21. The molecule has 0 radical (unpaired) electrons. The molecule has 3 atom stereocenters. The fraction of sp³-hybridized carbons (Fsp3) is 0.562. The number of hydrogen-bond donors (Lipinski definition) is 2. The maximum Gasteiger partial charge on any atom is 0.509 e. The third kappa shape index (κ3) is 5.05. The Kier molecular flexibility index (Phi) is 6.43. The van der Waals surface area contributed by atoms with Crippen molar-refractivity contribution in [2.75, 3.05) is 6.61 Å². The van der Waals surface area contributed by atoms with E-state index in [1.54, 1.807) is 20.8 Å². The minimum absolute atomic E-state index is 0.119. The van der Waals surface area contributed by atoms with Crippen LogP contribution in [-0.4, -0.2) is 45.2 Å². The van der Waals surface area contributed by atoms with Gasteiger partial charge in [-0.3, -0.25) is 14.3 Å². The number of aliphatic hydroxyl groups is 1. The predicted molar refractivity (Wildman–Crippen MR) is 96.0 cm³/mol. The molecule has 0 saturated carbocycles. The number of ether oxygens (including phenoxy) is 3. The molecule has 26 heavy (non-hydrogen) atoms. The highest BCUT2D eigenvalue weighted by molar-refractivity contribution is 9.11. The van der Waals surface area contributed by atoms with Gasteiger partial charge >= 0.3 is 11.8 Å². The van der Waals surface area contributed by atoms with Gasteiger partial charge in [0.05, 0.1) is 12.2 Å². The minimum Gasteiger partial charge on any atom is -0.429 e. The maximum atomic E-state index is 12.1. The fourth-order valence-corrected chi connectivity index (χ4v) is 2.74. The van der Waals surface area contributed by atoms with Crippen molar-refractivity contribution in [2.24, 2.45) is 0 Å². The second-order valence-electron chi connectivity index (χ2n) is 6.71. The molecule has 1 fully saturated rings. The first kappa shape index (κ1) is 20.4. The summed E-state index contributed by atoms with van der Waals surface area (Å²) >= 11 is 3.07. The first-order valence-corrected chi connectivity index (χ1v) is 8.84. The van der Waals surface area contributed by atoms with E-state index < -0.39 is 48.0 Å². The van der Waals surface area contributed by atoms with Gasteiger partial charge in [0.1, 0.15) is 24.0 Å². The van der Waals surface area contributed by atoms with Crippen molar-refractivity contribution < 1.29 is 24.1 Å². The van der Waals surface area contributed by atoms with Crippen molar-refractivity contribution in [3.63, 3.8) is 0 Å². The van der Waals surface area contributed by atoms with E-state index in [4.69, 9.17) is 14.2 Å². The van der Waals surface area contributed by atoms with E-state index in [1.807, 2.05) is 0 Å². The van der Waals surface area contributed by atoms with Crippen molar-refractivity contribution in [1.82, 2.24) is 9.55 Å². The van der Waals surface area contributed by atoms with Gasteiger partial charge in [-0.25, -0.2) is 9.59 Å². The lowest BCUT2D eigenvalue weighted by Gasteiger charge is -2.22. The summed E-state index contributed by atoms with van der Waals surface area (Å²) in [7, 11) is 0. The quantitative estimate of drug-likeness (QED) is 0.691. The molecule has 0 aromatic carbocycles. The zero-order chi connectivity index (χ0) is 19.5. The molecule has 1 aliphatic heterocycles. The van der Waals surface area contributed by atoms with E-state index in [9.17, 15) is 19.5 Å². The van der Waals surface area contributed by atoms with Gasteiger partial charge in [-0.05, 0) is 31.8 Å². The number of nitrogens with zero attached hydrogens (tertiary/aromatic N) is 1. The molecular formula is C16H21BrN2O7. The molecule has 1 unspecified atom stereocenters. The van der Waals surface area contributed by atoms with E-state index in [0.29, 0.717) is 0 Å². The normalized spacial score (nSPS) is 23.3. The molecule has 2 heterocycles. The standard InChI is InChI=1S/C16H21BrN2O7/c1-16(2,3)26-15(23)25-10-6-12(24-11(10)8-20)19-7-9(4-5-17)13(21)18-14(19)22/h4-5,7,10-12,20H,6,8H2,1-3H3,(H,18,21,22)/t10?,11-,12-/m0/s1. The Hall–Kier alpha value is -1.91. The number of H-pyrrole nitrogens is 1. The highest BCUT2D eigenvalue weighted by Crippen LogP contribution is 2.30. The van der Waals surface area contributed by atoms with Crippen LogP contribution in [0.15, 0.2) is 20.8 Å². The van der Waals surface area contributed by atoms with Gasteiger partial charge in [0.15, 0.2) is 0 Å². The molecule has 1 aliphatic rings. The summed E-state index contributed by atoms with van der Waals surface area (Å²) in [6, 6.07) is 0. The third-order valence-electron chi connectivity index (χ3n) is 3.55. The Bertz CT molecular complexity index is 793. The Labute approximate surface area is 157 Å². The SMILES string of the molecule is CC(C)(C)OC(=O)OC1C[C@@H](n2cc(C=CBr)c(=O)[nH]c2=O)O[C@H]1CO. The van der Waals surface area contributed by atoms with Crippen LogP contribution in [0.3, 0.4) is 0 Å². The van der Waals surface area contributed by atoms with Crippen molar-refractivity contribution in [3.8, 4) is 0 Å². The van der Waals surface area contributed by atoms with Crippen molar-refractivity contribution in [2.45, 2.75) is 51.2 Å². The van der Waals surface area contributed by atoms with Gasteiger partial charge in [0, 0.05) is 12.6 Å². The van der Waals surface area contributed by atoms with Crippen molar-refractivity contribution in [3.05, 3.63) is 37.6 Å². The average Bonchev–Trinajstić information content (AvgIpc) is 2.90. The zero-order valence-corrected chi connectivity index (χ0v) is 16.2. The molecule has 1 aromatic heterocycles. The second-order valence-corrected chi connectivity index (χ2v) is 7.24. The van der Waals surface area contributed by atoms with Gasteiger partial charge in [0.25, 0.3) is 5.56 Å². The Morgan fingerprint density at radius 2 is 2.19 bits per heavy atom. The van der Waals surface area contributed by atoms with Crippen molar-refractivity contribution in [1.29, 1.82) is 0 Å². The van der Waals surface area contributed by atoms with E-state index in [-0.39, 0.29) is 12.0 Å². The van der Waals surface area contributed by atoms with Crippen LogP contribution in [0.2, 0.25) is 0 Å². The topological polar surface area (TPSA) is 120 Å². The summed E-state index contributed by atoms with van der Waals surface area (Å²) in [6.45, 7) is 4.69. The highest BCUT2D eigenvalue weighted by Gasteiger charge is 2.40. The van der Waals surface area contributed by atoms with Crippen LogP contribution < -0.4 is 11.2 Å². The number of rotatable bonds is 4. The van der Waals surface area contributed by atoms with Crippen molar-refractivity contribution >= 4 is 28.2 Å². The fourth-order valence-electron chi connectivity index (χ4n) is 2.46. The van der Waals surface area contributed by atoms with E-state index in [0.717, 1.165) is 0 Å². The lowest BCUT2D eigenvalue weighted by molar-refractivity contribution is -0.0689. The monoisotopic (exact) mass is 432 g/mol. The van der Waals surface area contributed by atoms with Gasteiger partial charge in [-0.1, -0.05) is 15.9 Å². The molecule has 9 nitrogen and oxygen atoms in total. The summed E-state index contributed by atoms with van der Waals surface area (Å²) in [5.41, 5.74) is -1.69. The van der Waals surface area contributed by atoms with Crippen LogP contribution in [0.25, 0.3) is 6.08 Å².